The second-order valence-electron chi connectivity index (χ2n) is 3.76. The van der Waals surface area contributed by atoms with E-state index in [1.165, 1.54) is 0 Å². The molecule has 0 aromatic heterocycles. The maximum absolute atomic E-state index is 9.87. The van der Waals surface area contributed by atoms with Gasteiger partial charge in [-0.2, -0.15) is 0 Å². The highest BCUT2D eigenvalue weighted by molar-refractivity contribution is 4.81. The molecule has 74 valence electrons. The van der Waals surface area contributed by atoms with Gasteiger partial charge in [-0.25, -0.2) is 0 Å². The Morgan fingerprint density at radius 2 is 2.00 bits per heavy atom. The van der Waals surface area contributed by atoms with Gasteiger partial charge in [0.05, 0.1) is 11.7 Å². The fourth-order valence-corrected chi connectivity index (χ4v) is 1.20. The lowest BCUT2D eigenvalue weighted by Gasteiger charge is -2.31. The molecule has 0 fully saturated rings. The van der Waals surface area contributed by atoms with E-state index in [4.69, 9.17) is 5.73 Å². The molecule has 0 saturated carbocycles. The second kappa shape index (κ2) is 4.80. The van der Waals surface area contributed by atoms with Crippen molar-refractivity contribution in [3.05, 3.63) is 0 Å². The van der Waals surface area contributed by atoms with Crippen LogP contribution in [0.1, 0.15) is 33.6 Å². The fourth-order valence-electron chi connectivity index (χ4n) is 1.20. The molecule has 3 nitrogen and oxygen atoms in total. The average molecular weight is 175 g/mol. The van der Waals surface area contributed by atoms with Gasteiger partial charge in [-0.15, -0.1) is 0 Å². The fraction of sp³-hybridized carbons (Fsp3) is 1.00. The Hall–Kier alpha value is -0.120. The third-order valence-corrected chi connectivity index (χ3v) is 2.59. The van der Waals surface area contributed by atoms with Crippen LogP contribution in [0.3, 0.4) is 0 Å². The van der Waals surface area contributed by atoms with E-state index in [0.29, 0.717) is 6.42 Å². The van der Waals surface area contributed by atoms with Crippen LogP contribution in [-0.2, 0) is 0 Å². The van der Waals surface area contributed by atoms with Crippen molar-refractivity contribution in [1.29, 1.82) is 0 Å². The molecule has 3 heteroatoms. The van der Waals surface area contributed by atoms with Gasteiger partial charge in [-0.3, -0.25) is 0 Å². The highest BCUT2D eigenvalue weighted by Gasteiger charge is 2.29. The van der Waals surface area contributed by atoms with Crippen LogP contribution in [0.5, 0.6) is 0 Å². The average Bonchev–Trinajstić information content (AvgIpc) is 2.02. The summed E-state index contributed by atoms with van der Waals surface area (Å²) >= 11 is 0. The minimum atomic E-state index is -0.798. The van der Waals surface area contributed by atoms with E-state index in [9.17, 15) is 10.2 Å². The van der Waals surface area contributed by atoms with Gasteiger partial charge in [-0.1, -0.05) is 20.3 Å². The summed E-state index contributed by atoms with van der Waals surface area (Å²) in [5.41, 5.74) is 4.46. The number of nitrogens with two attached hydrogens (primary N) is 1. The van der Waals surface area contributed by atoms with E-state index in [1.807, 2.05) is 13.8 Å². The van der Waals surface area contributed by atoms with E-state index in [2.05, 4.69) is 0 Å². The summed E-state index contributed by atoms with van der Waals surface area (Å²) in [5.74, 6) is 0.193. The molecule has 0 unspecified atom stereocenters. The summed E-state index contributed by atoms with van der Waals surface area (Å²) in [6.07, 6.45) is 0.678. The molecule has 3 atom stereocenters. The van der Waals surface area contributed by atoms with Gasteiger partial charge in [0.2, 0.25) is 0 Å². The zero-order valence-electron chi connectivity index (χ0n) is 8.25. The third-order valence-electron chi connectivity index (χ3n) is 2.59. The highest BCUT2D eigenvalue weighted by atomic mass is 16.3. The number of rotatable bonds is 5. The lowest BCUT2D eigenvalue weighted by molar-refractivity contribution is -0.0352. The largest absolute Gasteiger partial charge is 0.392 e. The predicted octanol–water partition coefficient (Wildman–Crippen LogP) is 0.493. The predicted molar refractivity (Wildman–Crippen MR) is 49.8 cm³/mol. The Kier molecular flexibility index (Phi) is 4.75. The molecule has 0 amide bonds. The first-order valence-corrected chi connectivity index (χ1v) is 4.54. The summed E-state index contributed by atoms with van der Waals surface area (Å²) in [6.45, 7) is 5.96. The first kappa shape index (κ1) is 11.9. The molecule has 0 aromatic rings. The molecule has 0 rings (SSSR count). The number of hydrogen-bond acceptors (Lipinski definition) is 3. The van der Waals surface area contributed by atoms with Gasteiger partial charge in [-0.05, 0) is 12.8 Å². The highest BCUT2D eigenvalue weighted by Crippen LogP contribution is 2.24. The smallest absolute Gasteiger partial charge is 0.0689 e. The summed E-state index contributed by atoms with van der Waals surface area (Å²) in [5, 5.41) is 19.1. The lowest BCUT2D eigenvalue weighted by atomic mass is 9.84. The van der Waals surface area contributed by atoms with Crippen LogP contribution in [0, 0.1) is 5.92 Å². The van der Waals surface area contributed by atoms with Crippen molar-refractivity contribution in [3.8, 4) is 0 Å². The van der Waals surface area contributed by atoms with Gasteiger partial charge >= 0.3 is 0 Å². The number of aliphatic hydroxyl groups is 2. The maximum atomic E-state index is 9.87. The minimum Gasteiger partial charge on any atom is -0.392 e. The summed E-state index contributed by atoms with van der Waals surface area (Å²) in [4.78, 5) is 0. The van der Waals surface area contributed by atoms with E-state index in [-0.39, 0.29) is 12.5 Å². The summed E-state index contributed by atoms with van der Waals surface area (Å²) < 4.78 is 0. The SMILES string of the molecule is CC[C@H](C)[C@@](C)(O)C[C@@H](O)CN. The molecule has 0 spiro atoms. The third kappa shape index (κ3) is 3.52. The van der Waals surface area contributed by atoms with E-state index in [0.717, 1.165) is 6.42 Å². The molecular formula is C9H21NO2. The standard InChI is InChI=1S/C9H21NO2/c1-4-7(2)9(3,12)5-8(11)6-10/h7-8,11-12H,4-6,10H2,1-3H3/t7-,8+,9-/m0/s1. The van der Waals surface area contributed by atoms with Gasteiger partial charge < -0.3 is 15.9 Å². The van der Waals surface area contributed by atoms with Crippen LogP contribution in [0.2, 0.25) is 0 Å². The molecule has 0 aromatic carbocycles. The van der Waals surface area contributed by atoms with Crippen LogP contribution in [0.15, 0.2) is 0 Å². The Bertz CT molecular complexity index is 126. The molecule has 0 heterocycles. The number of hydrogen-bond donors (Lipinski definition) is 3. The maximum Gasteiger partial charge on any atom is 0.0689 e. The van der Waals surface area contributed by atoms with Gasteiger partial charge in [0.15, 0.2) is 0 Å². The van der Waals surface area contributed by atoms with Crippen molar-refractivity contribution < 1.29 is 10.2 Å². The molecule has 0 aliphatic heterocycles. The molecule has 0 bridgehead atoms. The van der Waals surface area contributed by atoms with Crippen LogP contribution >= 0.6 is 0 Å². The van der Waals surface area contributed by atoms with Gasteiger partial charge in [0.25, 0.3) is 0 Å². The zero-order chi connectivity index (χ0) is 9.78. The lowest BCUT2D eigenvalue weighted by Crippen LogP contribution is -2.38. The van der Waals surface area contributed by atoms with Crippen LogP contribution in [0.4, 0.5) is 0 Å². The molecule has 12 heavy (non-hydrogen) atoms. The molecule has 0 saturated heterocycles. The second-order valence-corrected chi connectivity index (χ2v) is 3.76. The van der Waals surface area contributed by atoms with Crippen molar-refractivity contribution in [2.75, 3.05) is 6.54 Å². The van der Waals surface area contributed by atoms with E-state index in [1.54, 1.807) is 6.92 Å². The normalized spacial score (nSPS) is 21.5. The van der Waals surface area contributed by atoms with Crippen LogP contribution in [-0.4, -0.2) is 28.5 Å². The summed E-state index contributed by atoms with van der Waals surface area (Å²) in [7, 11) is 0. The van der Waals surface area contributed by atoms with Crippen molar-refractivity contribution in [1.82, 2.24) is 0 Å². The van der Waals surface area contributed by atoms with Gasteiger partial charge in [0.1, 0.15) is 0 Å². The van der Waals surface area contributed by atoms with Gasteiger partial charge in [0, 0.05) is 13.0 Å². The monoisotopic (exact) mass is 175 g/mol. The Morgan fingerprint density at radius 3 is 2.33 bits per heavy atom. The summed E-state index contributed by atoms with van der Waals surface area (Å²) in [6, 6.07) is 0. The van der Waals surface area contributed by atoms with Crippen LogP contribution < -0.4 is 5.73 Å². The Labute approximate surface area is 74.6 Å². The van der Waals surface area contributed by atoms with Crippen molar-refractivity contribution in [2.45, 2.75) is 45.3 Å². The van der Waals surface area contributed by atoms with E-state index >= 15 is 0 Å². The van der Waals surface area contributed by atoms with Crippen molar-refractivity contribution in [3.63, 3.8) is 0 Å². The minimum absolute atomic E-state index is 0.193. The molecule has 4 N–H and O–H groups in total. The molecule has 0 radical (unpaired) electrons. The first-order valence-electron chi connectivity index (χ1n) is 4.54. The van der Waals surface area contributed by atoms with E-state index < -0.39 is 11.7 Å². The molecule has 0 aliphatic carbocycles. The Balaban J connectivity index is 4.02. The molecule has 0 aliphatic rings. The quantitative estimate of drug-likeness (QED) is 0.570. The number of aliphatic hydroxyl groups excluding tert-OH is 1. The molecular weight excluding hydrogens is 154 g/mol. The zero-order valence-corrected chi connectivity index (χ0v) is 8.25. The Morgan fingerprint density at radius 1 is 1.50 bits per heavy atom. The topological polar surface area (TPSA) is 66.5 Å². The van der Waals surface area contributed by atoms with Crippen LogP contribution in [0.25, 0.3) is 0 Å². The first-order chi connectivity index (χ1) is 5.44. The van der Waals surface area contributed by atoms with Crippen molar-refractivity contribution >= 4 is 0 Å². The van der Waals surface area contributed by atoms with Crippen molar-refractivity contribution in [2.24, 2.45) is 11.7 Å².